The molecule has 0 aromatic heterocycles. The van der Waals surface area contributed by atoms with E-state index in [-0.39, 0.29) is 17.4 Å². The molecule has 0 radical (unpaired) electrons. The van der Waals surface area contributed by atoms with Crippen LogP contribution in [0.25, 0.3) is 0 Å². The van der Waals surface area contributed by atoms with Gasteiger partial charge in [-0.05, 0) is 37.1 Å². The molecule has 1 aromatic rings. The van der Waals surface area contributed by atoms with Gasteiger partial charge in [-0.25, -0.2) is 0 Å². The van der Waals surface area contributed by atoms with Crippen LogP contribution in [0.2, 0.25) is 0 Å². The number of hydrogen-bond acceptors (Lipinski definition) is 3. The van der Waals surface area contributed by atoms with Crippen molar-refractivity contribution in [1.29, 1.82) is 0 Å². The molecule has 100 valence electrons. The number of rotatable bonds is 2. The monoisotopic (exact) mass is 260 g/mol. The van der Waals surface area contributed by atoms with Crippen LogP contribution < -0.4 is 10.6 Å². The van der Waals surface area contributed by atoms with Gasteiger partial charge in [0.25, 0.3) is 5.91 Å². The van der Waals surface area contributed by atoms with E-state index in [9.17, 15) is 9.59 Å². The SMILES string of the molecule is CC1(NC(=O)c2ccc3c(c2)CC(=O)N3)CCOC1. The van der Waals surface area contributed by atoms with Crippen LogP contribution in [0, 0.1) is 0 Å². The zero-order chi connectivity index (χ0) is 13.5. The van der Waals surface area contributed by atoms with E-state index in [0.29, 0.717) is 25.2 Å². The highest BCUT2D eigenvalue weighted by atomic mass is 16.5. The normalized spacial score (nSPS) is 25.0. The Morgan fingerprint density at radius 3 is 3.05 bits per heavy atom. The van der Waals surface area contributed by atoms with Crippen molar-refractivity contribution in [2.75, 3.05) is 18.5 Å². The summed E-state index contributed by atoms with van der Waals surface area (Å²) in [5, 5.41) is 5.76. The average molecular weight is 260 g/mol. The molecule has 0 aliphatic carbocycles. The number of anilines is 1. The Balaban J connectivity index is 1.77. The Hall–Kier alpha value is -1.88. The van der Waals surface area contributed by atoms with E-state index < -0.39 is 0 Å². The van der Waals surface area contributed by atoms with E-state index in [1.807, 2.05) is 6.92 Å². The minimum atomic E-state index is -0.288. The van der Waals surface area contributed by atoms with Crippen molar-refractivity contribution in [3.05, 3.63) is 29.3 Å². The van der Waals surface area contributed by atoms with Crippen molar-refractivity contribution in [2.45, 2.75) is 25.3 Å². The lowest BCUT2D eigenvalue weighted by Crippen LogP contribution is -2.46. The molecular formula is C14H16N2O3. The van der Waals surface area contributed by atoms with Gasteiger partial charge < -0.3 is 15.4 Å². The fraction of sp³-hybridized carbons (Fsp3) is 0.429. The first-order chi connectivity index (χ1) is 9.06. The topological polar surface area (TPSA) is 67.4 Å². The third-order valence-electron chi connectivity index (χ3n) is 3.63. The summed E-state index contributed by atoms with van der Waals surface area (Å²) in [5.41, 5.74) is 1.98. The standard InChI is InChI=1S/C14H16N2O3/c1-14(4-5-19-8-14)16-13(18)9-2-3-11-10(6-9)7-12(17)15-11/h2-3,6H,4-5,7-8H2,1H3,(H,15,17)(H,16,18). The van der Waals surface area contributed by atoms with Gasteiger partial charge >= 0.3 is 0 Å². The van der Waals surface area contributed by atoms with Crippen molar-refractivity contribution in [2.24, 2.45) is 0 Å². The molecule has 2 amide bonds. The van der Waals surface area contributed by atoms with Gasteiger partial charge in [0.15, 0.2) is 0 Å². The largest absolute Gasteiger partial charge is 0.379 e. The zero-order valence-electron chi connectivity index (χ0n) is 10.8. The Morgan fingerprint density at radius 1 is 1.47 bits per heavy atom. The van der Waals surface area contributed by atoms with Crippen LogP contribution >= 0.6 is 0 Å². The molecule has 0 saturated carbocycles. The Morgan fingerprint density at radius 2 is 2.32 bits per heavy atom. The summed E-state index contributed by atoms with van der Waals surface area (Å²) in [6.07, 6.45) is 1.17. The van der Waals surface area contributed by atoms with Gasteiger partial charge in [0, 0.05) is 17.9 Å². The van der Waals surface area contributed by atoms with Gasteiger partial charge in [-0.2, -0.15) is 0 Å². The highest BCUT2D eigenvalue weighted by Gasteiger charge is 2.31. The predicted molar refractivity (Wildman–Crippen MR) is 70.1 cm³/mol. The maximum atomic E-state index is 12.2. The molecule has 1 saturated heterocycles. The fourth-order valence-corrected chi connectivity index (χ4v) is 2.48. The lowest BCUT2D eigenvalue weighted by molar-refractivity contribution is -0.115. The molecule has 0 spiro atoms. The van der Waals surface area contributed by atoms with Crippen LogP contribution in [0.3, 0.4) is 0 Å². The summed E-state index contributed by atoms with van der Waals surface area (Å²) in [6, 6.07) is 5.29. The number of fused-ring (bicyclic) bond motifs is 1. The van der Waals surface area contributed by atoms with Crippen LogP contribution in [0.5, 0.6) is 0 Å². The van der Waals surface area contributed by atoms with Crippen LogP contribution in [0.1, 0.15) is 29.3 Å². The second-order valence-electron chi connectivity index (χ2n) is 5.41. The number of hydrogen-bond donors (Lipinski definition) is 2. The fourth-order valence-electron chi connectivity index (χ4n) is 2.48. The van der Waals surface area contributed by atoms with Crippen molar-refractivity contribution in [1.82, 2.24) is 5.32 Å². The van der Waals surface area contributed by atoms with Crippen LogP contribution in [-0.4, -0.2) is 30.6 Å². The maximum Gasteiger partial charge on any atom is 0.251 e. The highest BCUT2D eigenvalue weighted by molar-refractivity contribution is 6.01. The quantitative estimate of drug-likeness (QED) is 0.836. The van der Waals surface area contributed by atoms with Crippen molar-refractivity contribution < 1.29 is 14.3 Å². The van der Waals surface area contributed by atoms with Crippen LogP contribution in [0.4, 0.5) is 5.69 Å². The summed E-state index contributed by atoms with van der Waals surface area (Å²) in [5.74, 6) is -0.140. The second kappa shape index (κ2) is 4.35. The minimum absolute atomic E-state index is 0.0243. The molecule has 0 bridgehead atoms. The smallest absolute Gasteiger partial charge is 0.251 e. The molecule has 1 aromatic carbocycles. The first kappa shape index (κ1) is 12.2. The first-order valence-corrected chi connectivity index (χ1v) is 6.39. The molecule has 5 heteroatoms. The van der Waals surface area contributed by atoms with Crippen molar-refractivity contribution in [3.8, 4) is 0 Å². The zero-order valence-corrected chi connectivity index (χ0v) is 10.8. The molecule has 1 unspecified atom stereocenters. The highest BCUT2D eigenvalue weighted by Crippen LogP contribution is 2.24. The molecule has 2 heterocycles. The van der Waals surface area contributed by atoms with Gasteiger partial charge in [-0.15, -0.1) is 0 Å². The number of nitrogens with one attached hydrogen (secondary N) is 2. The average Bonchev–Trinajstić information content (AvgIpc) is 2.93. The minimum Gasteiger partial charge on any atom is -0.379 e. The van der Waals surface area contributed by atoms with E-state index in [4.69, 9.17) is 4.74 Å². The number of ether oxygens (including phenoxy) is 1. The molecule has 1 atom stereocenters. The van der Waals surface area contributed by atoms with Gasteiger partial charge in [0.1, 0.15) is 0 Å². The van der Waals surface area contributed by atoms with Crippen molar-refractivity contribution in [3.63, 3.8) is 0 Å². The predicted octanol–water partition coefficient (Wildman–Crippen LogP) is 1.09. The Kier molecular flexibility index (Phi) is 2.78. The third kappa shape index (κ3) is 2.33. The van der Waals surface area contributed by atoms with Gasteiger partial charge in [0.05, 0.1) is 18.6 Å². The van der Waals surface area contributed by atoms with Gasteiger partial charge in [-0.3, -0.25) is 9.59 Å². The Bertz CT molecular complexity index is 548. The van der Waals surface area contributed by atoms with E-state index in [1.54, 1.807) is 18.2 Å². The number of amides is 2. The summed E-state index contributed by atoms with van der Waals surface area (Å²) in [4.78, 5) is 23.5. The summed E-state index contributed by atoms with van der Waals surface area (Å²) in [7, 11) is 0. The van der Waals surface area contributed by atoms with Gasteiger partial charge in [-0.1, -0.05) is 0 Å². The molecule has 2 aliphatic rings. The second-order valence-corrected chi connectivity index (χ2v) is 5.41. The third-order valence-corrected chi connectivity index (χ3v) is 3.63. The molecular weight excluding hydrogens is 244 g/mol. The summed E-state index contributed by atoms with van der Waals surface area (Å²) < 4.78 is 5.32. The first-order valence-electron chi connectivity index (χ1n) is 6.39. The number of carbonyl (C=O) groups excluding carboxylic acids is 2. The lowest BCUT2D eigenvalue weighted by Gasteiger charge is -2.23. The maximum absolute atomic E-state index is 12.2. The Labute approximate surface area is 111 Å². The summed E-state index contributed by atoms with van der Waals surface area (Å²) >= 11 is 0. The summed E-state index contributed by atoms with van der Waals surface area (Å²) in [6.45, 7) is 3.21. The van der Waals surface area contributed by atoms with E-state index in [1.165, 1.54) is 0 Å². The molecule has 5 nitrogen and oxygen atoms in total. The molecule has 1 fully saturated rings. The van der Waals surface area contributed by atoms with E-state index in [2.05, 4.69) is 10.6 Å². The van der Waals surface area contributed by atoms with Gasteiger partial charge in [0.2, 0.25) is 5.91 Å². The van der Waals surface area contributed by atoms with Crippen LogP contribution in [0.15, 0.2) is 18.2 Å². The van der Waals surface area contributed by atoms with Crippen LogP contribution in [-0.2, 0) is 16.0 Å². The van der Waals surface area contributed by atoms with E-state index >= 15 is 0 Å². The molecule has 3 rings (SSSR count). The van der Waals surface area contributed by atoms with Crippen molar-refractivity contribution >= 4 is 17.5 Å². The molecule has 19 heavy (non-hydrogen) atoms. The number of benzene rings is 1. The molecule has 2 aliphatic heterocycles. The molecule has 2 N–H and O–H groups in total. The number of carbonyl (C=O) groups is 2. The lowest BCUT2D eigenvalue weighted by atomic mass is 10.0. The van der Waals surface area contributed by atoms with E-state index in [0.717, 1.165) is 17.7 Å².